The molecule has 0 aliphatic carbocycles. The molecule has 1 aromatic heterocycles. The number of nitrogens with zero attached hydrogens (tertiary/aromatic N) is 2. The topological polar surface area (TPSA) is 46.9 Å². The number of rotatable bonds is 4. The number of hydrogen-bond acceptors (Lipinski definition) is 2. The van der Waals surface area contributed by atoms with Gasteiger partial charge in [0.15, 0.2) is 0 Å². The highest BCUT2D eigenvalue weighted by Crippen LogP contribution is 2.18. The molecule has 20 heavy (non-hydrogen) atoms. The number of carbonyl (C=O) groups excluding carboxylic acids is 1. The number of benzene rings is 1. The Morgan fingerprint density at radius 1 is 1.35 bits per heavy atom. The third-order valence-corrected chi connectivity index (χ3v) is 4.11. The first-order valence-corrected chi connectivity index (χ1v) is 7.32. The van der Waals surface area contributed by atoms with Crippen molar-refractivity contribution in [3.63, 3.8) is 0 Å². The molecular formula is C15H18BrN3O. The van der Waals surface area contributed by atoms with Crippen LogP contribution in [0.3, 0.4) is 0 Å². The molecule has 0 atom stereocenters. The molecule has 2 aromatic rings. The average molecular weight is 336 g/mol. The quantitative estimate of drug-likeness (QED) is 0.927. The third kappa shape index (κ3) is 3.48. The van der Waals surface area contributed by atoms with Gasteiger partial charge in [0.25, 0.3) is 0 Å². The van der Waals surface area contributed by atoms with Crippen molar-refractivity contribution in [2.45, 2.75) is 33.7 Å². The number of hydrogen-bond donors (Lipinski definition) is 1. The molecule has 0 fully saturated rings. The van der Waals surface area contributed by atoms with Crippen LogP contribution in [0.4, 0.5) is 5.69 Å². The van der Waals surface area contributed by atoms with Crippen LogP contribution in [0.25, 0.3) is 0 Å². The Bertz CT molecular complexity index is 615. The molecule has 4 nitrogen and oxygen atoms in total. The van der Waals surface area contributed by atoms with Gasteiger partial charge >= 0.3 is 0 Å². The molecule has 1 N–H and O–H groups in total. The zero-order chi connectivity index (χ0) is 14.7. The molecule has 2 rings (SSSR count). The summed E-state index contributed by atoms with van der Waals surface area (Å²) in [5.41, 5.74) is 4.10. The van der Waals surface area contributed by atoms with Gasteiger partial charge < -0.3 is 5.32 Å². The largest absolute Gasteiger partial charge is 0.326 e. The molecule has 0 radical (unpaired) electrons. The molecular weight excluding hydrogens is 318 g/mol. The molecule has 1 aromatic carbocycles. The Labute approximate surface area is 127 Å². The molecule has 0 spiro atoms. The predicted octanol–water partition coefficient (Wildman–Crippen LogP) is 3.60. The maximum atomic E-state index is 12.0. The van der Waals surface area contributed by atoms with Gasteiger partial charge in [-0.3, -0.25) is 9.48 Å². The molecule has 5 heteroatoms. The lowest BCUT2D eigenvalue weighted by molar-refractivity contribution is -0.116. The molecule has 1 heterocycles. The molecule has 0 unspecified atom stereocenters. The molecule has 0 saturated heterocycles. The van der Waals surface area contributed by atoms with Gasteiger partial charge in [0.2, 0.25) is 5.91 Å². The fourth-order valence-corrected chi connectivity index (χ4v) is 2.24. The van der Waals surface area contributed by atoms with Gasteiger partial charge in [-0.1, -0.05) is 12.1 Å². The standard InChI is InChI=1S/C15H18BrN3O/c1-10-5-4-6-14(11(10)2)17-15(20)7-8-19-9-13(16)12(3)18-19/h4-6,9H,7-8H2,1-3H3,(H,17,20). The van der Waals surface area contributed by atoms with Gasteiger partial charge in [0.1, 0.15) is 0 Å². The minimum Gasteiger partial charge on any atom is -0.326 e. The van der Waals surface area contributed by atoms with E-state index in [1.165, 1.54) is 5.56 Å². The van der Waals surface area contributed by atoms with E-state index in [0.29, 0.717) is 13.0 Å². The van der Waals surface area contributed by atoms with E-state index in [1.807, 2.05) is 45.2 Å². The van der Waals surface area contributed by atoms with Crippen molar-refractivity contribution in [1.29, 1.82) is 0 Å². The summed E-state index contributed by atoms with van der Waals surface area (Å²) in [5.74, 6) is 0.00276. The second-order valence-electron chi connectivity index (χ2n) is 4.87. The average Bonchev–Trinajstić information content (AvgIpc) is 2.72. The summed E-state index contributed by atoms with van der Waals surface area (Å²) >= 11 is 3.41. The summed E-state index contributed by atoms with van der Waals surface area (Å²) in [6.45, 7) is 6.55. The summed E-state index contributed by atoms with van der Waals surface area (Å²) in [5, 5.41) is 7.26. The summed E-state index contributed by atoms with van der Waals surface area (Å²) < 4.78 is 2.75. The monoisotopic (exact) mass is 335 g/mol. The van der Waals surface area contributed by atoms with E-state index in [-0.39, 0.29) is 5.91 Å². The van der Waals surface area contributed by atoms with Crippen molar-refractivity contribution in [3.8, 4) is 0 Å². The summed E-state index contributed by atoms with van der Waals surface area (Å²) in [4.78, 5) is 12.0. The van der Waals surface area contributed by atoms with Gasteiger partial charge in [-0.15, -0.1) is 0 Å². The van der Waals surface area contributed by atoms with Gasteiger partial charge in [0.05, 0.1) is 10.2 Å². The van der Waals surface area contributed by atoms with Crippen LogP contribution in [-0.4, -0.2) is 15.7 Å². The fraction of sp³-hybridized carbons (Fsp3) is 0.333. The lowest BCUT2D eigenvalue weighted by atomic mass is 10.1. The number of halogens is 1. The smallest absolute Gasteiger partial charge is 0.226 e. The molecule has 0 saturated carbocycles. The Morgan fingerprint density at radius 3 is 2.75 bits per heavy atom. The number of nitrogens with one attached hydrogen (secondary N) is 1. The molecule has 1 amide bonds. The fourth-order valence-electron chi connectivity index (χ4n) is 1.92. The van der Waals surface area contributed by atoms with Crippen LogP contribution < -0.4 is 5.32 Å². The maximum absolute atomic E-state index is 12.0. The van der Waals surface area contributed by atoms with Crippen LogP contribution in [0.5, 0.6) is 0 Å². The van der Waals surface area contributed by atoms with Crippen molar-refractivity contribution in [3.05, 3.63) is 45.7 Å². The molecule has 0 bridgehead atoms. The Hall–Kier alpha value is -1.62. The van der Waals surface area contributed by atoms with Gasteiger partial charge in [-0.2, -0.15) is 5.10 Å². The minimum atomic E-state index is 0.00276. The lowest BCUT2D eigenvalue weighted by Crippen LogP contribution is -2.15. The van der Waals surface area contributed by atoms with E-state index < -0.39 is 0 Å². The predicted molar refractivity (Wildman–Crippen MR) is 83.8 cm³/mol. The normalized spacial score (nSPS) is 10.6. The highest BCUT2D eigenvalue weighted by Gasteiger charge is 2.07. The number of amides is 1. The van der Waals surface area contributed by atoms with E-state index in [4.69, 9.17) is 0 Å². The Morgan fingerprint density at radius 2 is 2.10 bits per heavy atom. The number of aryl methyl sites for hydroxylation is 3. The van der Waals surface area contributed by atoms with Crippen LogP contribution in [0, 0.1) is 20.8 Å². The molecule has 106 valence electrons. The SMILES string of the molecule is Cc1cccc(NC(=O)CCn2cc(Br)c(C)n2)c1C. The van der Waals surface area contributed by atoms with E-state index in [1.54, 1.807) is 4.68 Å². The van der Waals surface area contributed by atoms with E-state index in [0.717, 1.165) is 21.4 Å². The van der Waals surface area contributed by atoms with Crippen LogP contribution in [0.1, 0.15) is 23.2 Å². The highest BCUT2D eigenvalue weighted by atomic mass is 79.9. The van der Waals surface area contributed by atoms with E-state index in [2.05, 4.69) is 26.3 Å². The summed E-state index contributed by atoms with van der Waals surface area (Å²) in [7, 11) is 0. The maximum Gasteiger partial charge on any atom is 0.226 e. The second kappa shape index (κ2) is 6.22. The van der Waals surface area contributed by atoms with Crippen molar-refractivity contribution in [1.82, 2.24) is 9.78 Å². The first kappa shape index (κ1) is 14.8. The zero-order valence-corrected chi connectivity index (χ0v) is 13.5. The van der Waals surface area contributed by atoms with Crippen LogP contribution in [0.15, 0.2) is 28.9 Å². The summed E-state index contributed by atoms with van der Waals surface area (Å²) in [6.07, 6.45) is 2.29. The van der Waals surface area contributed by atoms with Crippen LogP contribution in [-0.2, 0) is 11.3 Å². The van der Waals surface area contributed by atoms with Crippen LogP contribution in [0.2, 0.25) is 0 Å². The minimum absolute atomic E-state index is 0.00276. The van der Waals surface area contributed by atoms with Crippen LogP contribution >= 0.6 is 15.9 Å². The Balaban J connectivity index is 1.94. The Kier molecular flexibility index (Phi) is 4.60. The van der Waals surface area contributed by atoms with Gasteiger partial charge in [0, 0.05) is 24.8 Å². The first-order chi connectivity index (χ1) is 9.47. The zero-order valence-electron chi connectivity index (χ0n) is 11.9. The number of carbonyl (C=O) groups is 1. The third-order valence-electron chi connectivity index (χ3n) is 3.33. The second-order valence-corrected chi connectivity index (χ2v) is 5.73. The van der Waals surface area contributed by atoms with E-state index >= 15 is 0 Å². The number of anilines is 1. The van der Waals surface area contributed by atoms with Crippen molar-refractivity contribution in [2.75, 3.05) is 5.32 Å². The first-order valence-electron chi connectivity index (χ1n) is 6.53. The van der Waals surface area contributed by atoms with Crippen molar-refractivity contribution in [2.24, 2.45) is 0 Å². The van der Waals surface area contributed by atoms with Gasteiger partial charge in [-0.05, 0) is 53.9 Å². The molecule has 0 aliphatic heterocycles. The lowest BCUT2D eigenvalue weighted by Gasteiger charge is -2.10. The van der Waals surface area contributed by atoms with Gasteiger partial charge in [-0.25, -0.2) is 0 Å². The van der Waals surface area contributed by atoms with Crippen molar-refractivity contribution >= 4 is 27.5 Å². The molecule has 0 aliphatic rings. The van der Waals surface area contributed by atoms with Crippen molar-refractivity contribution < 1.29 is 4.79 Å². The van der Waals surface area contributed by atoms with E-state index in [9.17, 15) is 4.79 Å². The highest BCUT2D eigenvalue weighted by molar-refractivity contribution is 9.10. The summed E-state index contributed by atoms with van der Waals surface area (Å²) in [6, 6.07) is 5.91. The number of aromatic nitrogens is 2.